The van der Waals surface area contributed by atoms with Crippen LogP contribution in [-0.4, -0.2) is 31.2 Å². The molecule has 2 aliphatic rings. The van der Waals surface area contributed by atoms with Crippen molar-refractivity contribution >= 4 is 18.4 Å². The van der Waals surface area contributed by atoms with Crippen molar-refractivity contribution in [1.82, 2.24) is 16.0 Å². The molecule has 0 bridgehead atoms. The highest BCUT2D eigenvalue weighted by Gasteiger charge is 2.24. The SMILES string of the molecule is Cl.O=C(NC1CCNCC1)NC1CC1. The van der Waals surface area contributed by atoms with Crippen LogP contribution >= 0.6 is 12.4 Å². The molecule has 0 unspecified atom stereocenters. The highest BCUT2D eigenvalue weighted by atomic mass is 35.5. The van der Waals surface area contributed by atoms with E-state index in [1.807, 2.05) is 0 Å². The first-order chi connectivity index (χ1) is 6.34. The number of amides is 2. The Morgan fingerprint density at radius 2 is 1.50 bits per heavy atom. The molecular formula is C9H18ClN3O. The van der Waals surface area contributed by atoms with Gasteiger partial charge in [0.1, 0.15) is 0 Å². The first kappa shape index (κ1) is 11.6. The van der Waals surface area contributed by atoms with Crippen molar-refractivity contribution in [3.8, 4) is 0 Å². The van der Waals surface area contributed by atoms with Crippen LogP contribution in [0.2, 0.25) is 0 Å². The Labute approximate surface area is 90.6 Å². The van der Waals surface area contributed by atoms with E-state index >= 15 is 0 Å². The fourth-order valence-electron chi connectivity index (χ4n) is 1.61. The molecule has 0 aromatic heterocycles. The number of nitrogens with one attached hydrogen (secondary N) is 3. The van der Waals surface area contributed by atoms with Gasteiger partial charge in [-0.05, 0) is 38.8 Å². The fraction of sp³-hybridized carbons (Fsp3) is 0.889. The lowest BCUT2D eigenvalue weighted by molar-refractivity contribution is 0.233. The second-order valence-electron chi connectivity index (χ2n) is 3.92. The van der Waals surface area contributed by atoms with Gasteiger partial charge in [0.05, 0.1) is 0 Å². The van der Waals surface area contributed by atoms with E-state index in [9.17, 15) is 4.79 Å². The zero-order valence-corrected chi connectivity index (χ0v) is 9.03. The van der Waals surface area contributed by atoms with E-state index in [-0.39, 0.29) is 18.4 Å². The summed E-state index contributed by atoms with van der Waals surface area (Å²) in [5.41, 5.74) is 0. The van der Waals surface area contributed by atoms with Crippen LogP contribution in [-0.2, 0) is 0 Å². The number of urea groups is 1. The van der Waals surface area contributed by atoms with Gasteiger partial charge in [-0.2, -0.15) is 0 Å². The lowest BCUT2D eigenvalue weighted by Gasteiger charge is -2.23. The molecule has 3 N–H and O–H groups in total. The summed E-state index contributed by atoms with van der Waals surface area (Å²) in [4.78, 5) is 11.3. The maximum Gasteiger partial charge on any atom is 0.315 e. The second-order valence-corrected chi connectivity index (χ2v) is 3.92. The van der Waals surface area contributed by atoms with Gasteiger partial charge in [0.2, 0.25) is 0 Å². The van der Waals surface area contributed by atoms with E-state index in [0.29, 0.717) is 12.1 Å². The van der Waals surface area contributed by atoms with Crippen LogP contribution in [0.3, 0.4) is 0 Å². The lowest BCUT2D eigenvalue weighted by Crippen LogP contribution is -2.47. The number of carbonyl (C=O) groups excluding carboxylic acids is 1. The maximum atomic E-state index is 11.3. The number of hydrogen-bond acceptors (Lipinski definition) is 2. The van der Waals surface area contributed by atoms with E-state index in [1.54, 1.807) is 0 Å². The molecule has 4 nitrogen and oxygen atoms in total. The highest BCUT2D eigenvalue weighted by Crippen LogP contribution is 2.18. The molecule has 1 aliphatic heterocycles. The van der Waals surface area contributed by atoms with Gasteiger partial charge in [0.15, 0.2) is 0 Å². The quantitative estimate of drug-likeness (QED) is 0.638. The molecule has 0 aromatic rings. The van der Waals surface area contributed by atoms with Gasteiger partial charge >= 0.3 is 6.03 Å². The van der Waals surface area contributed by atoms with Gasteiger partial charge in [-0.1, -0.05) is 0 Å². The van der Waals surface area contributed by atoms with Gasteiger partial charge in [0, 0.05) is 12.1 Å². The zero-order chi connectivity index (χ0) is 9.10. The molecular weight excluding hydrogens is 202 g/mol. The summed E-state index contributed by atoms with van der Waals surface area (Å²) >= 11 is 0. The number of halogens is 1. The Morgan fingerprint density at radius 3 is 2.00 bits per heavy atom. The standard InChI is InChI=1S/C9H17N3O.ClH/c13-9(11-7-1-2-7)12-8-3-5-10-6-4-8;/h7-8,10H,1-6H2,(H2,11,12,13);1H. The van der Waals surface area contributed by atoms with Crippen molar-refractivity contribution in [1.29, 1.82) is 0 Å². The minimum absolute atomic E-state index is 0. The monoisotopic (exact) mass is 219 g/mol. The Hall–Kier alpha value is -0.480. The summed E-state index contributed by atoms with van der Waals surface area (Å²) in [5, 5.41) is 9.20. The average Bonchev–Trinajstić information content (AvgIpc) is 2.90. The first-order valence-corrected chi connectivity index (χ1v) is 5.12. The van der Waals surface area contributed by atoms with Crippen LogP contribution < -0.4 is 16.0 Å². The van der Waals surface area contributed by atoms with Gasteiger partial charge in [-0.25, -0.2) is 4.79 Å². The predicted octanol–water partition coefficient (Wildman–Crippen LogP) is 0.622. The molecule has 14 heavy (non-hydrogen) atoms. The normalized spacial score (nSPS) is 22.3. The van der Waals surface area contributed by atoms with E-state index in [0.717, 1.165) is 38.8 Å². The number of carbonyl (C=O) groups is 1. The summed E-state index contributed by atoms with van der Waals surface area (Å²) in [5.74, 6) is 0. The number of piperidine rings is 1. The highest BCUT2D eigenvalue weighted by molar-refractivity contribution is 5.85. The Kier molecular flexibility index (Phi) is 4.48. The Bertz CT molecular complexity index is 190. The molecule has 0 atom stereocenters. The molecule has 0 aromatic carbocycles. The van der Waals surface area contributed by atoms with Crippen molar-refractivity contribution in [3.63, 3.8) is 0 Å². The van der Waals surface area contributed by atoms with Crippen LogP contribution in [0.5, 0.6) is 0 Å². The average molecular weight is 220 g/mol. The van der Waals surface area contributed by atoms with Crippen LogP contribution in [0, 0.1) is 0 Å². The minimum atomic E-state index is 0. The third kappa shape index (κ3) is 3.72. The molecule has 0 spiro atoms. The summed E-state index contributed by atoms with van der Waals surface area (Å²) in [6.07, 6.45) is 4.41. The molecule has 82 valence electrons. The zero-order valence-electron chi connectivity index (χ0n) is 8.21. The van der Waals surface area contributed by atoms with Crippen LogP contribution in [0.15, 0.2) is 0 Å². The van der Waals surface area contributed by atoms with Crippen molar-refractivity contribution < 1.29 is 4.79 Å². The van der Waals surface area contributed by atoms with Crippen LogP contribution in [0.25, 0.3) is 0 Å². The molecule has 1 aliphatic carbocycles. The topological polar surface area (TPSA) is 53.2 Å². The van der Waals surface area contributed by atoms with E-state index in [1.165, 1.54) is 0 Å². The van der Waals surface area contributed by atoms with Gasteiger partial charge in [-0.15, -0.1) is 12.4 Å². The second kappa shape index (κ2) is 5.41. The van der Waals surface area contributed by atoms with E-state index in [4.69, 9.17) is 0 Å². The fourth-order valence-corrected chi connectivity index (χ4v) is 1.61. The number of rotatable bonds is 2. The third-order valence-electron chi connectivity index (χ3n) is 2.59. The molecule has 1 saturated carbocycles. The Balaban J connectivity index is 0.000000980. The largest absolute Gasteiger partial charge is 0.335 e. The molecule has 5 heteroatoms. The third-order valence-corrected chi connectivity index (χ3v) is 2.59. The van der Waals surface area contributed by atoms with Crippen molar-refractivity contribution in [2.24, 2.45) is 0 Å². The van der Waals surface area contributed by atoms with Gasteiger partial charge < -0.3 is 16.0 Å². The molecule has 1 saturated heterocycles. The molecule has 2 fully saturated rings. The molecule has 1 heterocycles. The van der Waals surface area contributed by atoms with E-state index < -0.39 is 0 Å². The van der Waals surface area contributed by atoms with Crippen LogP contribution in [0.4, 0.5) is 4.79 Å². The molecule has 2 amide bonds. The molecule has 2 rings (SSSR count). The van der Waals surface area contributed by atoms with Crippen LogP contribution in [0.1, 0.15) is 25.7 Å². The lowest BCUT2D eigenvalue weighted by atomic mass is 10.1. The smallest absolute Gasteiger partial charge is 0.315 e. The van der Waals surface area contributed by atoms with Gasteiger partial charge in [-0.3, -0.25) is 0 Å². The first-order valence-electron chi connectivity index (χ1n) is 5.12. The van der Waals surface area contributed by atoms with Crippen molar-refractivity contribution in [2.75, 3.05) is 13.1 Å². The molecule has 0 radical (unpaired) electrons. The van der Waals surface area contributed by atoms with E-state index in [2.05, 4.69) is 16.0 Å². The minimum Gasteiger partial charge on any atom is -0.335 e. The van der Waals surface area contributed by atoms with Gasteiger partial charge in [0.25, 0.3) is 0 Å². The maximum absolute atomic E-state index is 11.3. The summed E-state index contributed by atoms with van der Waals surface area (Å²) in [6, 6.07) is 0.858. The predicted molar refractivity (Wildman–Crippen MR) is 57.8 cm³/mol. The van der Waals surface area contributed by atoms with Crippen molar-refractivity contribution in [3.05, 3.63) is 0 Å². The Morgan fingerprint density at radius 1 is 1.00 bits per heavy atom. The number of hydrogen-bond donors (Lipinski definition) is 3. The summed E-state index contributed by atoms with van der Waals surface area (Å²) in [6.45, 7) is 2.04. The van der Waals surface area contributed by atoms with Crippen molar-refractivity contribution in [2.45, 2.75) is 37.8 Å². The summed E-state index contributed by atoms with van der Waals surface area (Å²) < 4.78 is 0. The summed E-state index contributed by atoms with van der Waals surface area (Å²) in [7, 11) is 0.